The minimum absolute atomic E-state index is 0.00871. The number of nitrogens with one attached hydrogen (secondary N) is 2. The van der Waals surface area contributed by atoms with Gasteiger partial charge in [-0.15, -0.1) is 0 Å². The van der Waals surface area contributed by atoms with Gasteiger partial charge in [0.15, 0.2) is 0 Å². The Morgan fingerprint density at radius 2 is 1.84 bits per heavy atom. The van der Waals surface area contributed by atoms with E-state index in [0.29, 0.717) is 23.7 Å². The van der Waals surface area contributed by atoms with Crippen molar-refractivity contribution in [2.75, 3.05) is 37.3 Å². The number of hydrogen-bond acceptors (Lipinski definition) is 8. The second-order valence-electron chi connectivity index (χ2n) is 11.1. The van der Waals surface area contributed by atoms with Crippen LogP contribution in [0.2, 0.25) is 5.02 Å². The van der Waals surface area contributed by atoms with E-state index in [4.69, 9.17) is 21.3 Å². The summed E-state index contributed by atoms with van der Waals surface area (Å²) >= 11 is 6.12. The Morgan fingerprint density at radius 3 is 2.53 bits per heavy atom. The number of halogens is 1. The van der Waals surface area contributed by atoms with Crippen molar-refractivity contribution >= 4 is 44.3 Å². The largest absolute Gasteiger partial charge is 0.383 e. The van der Waals surface area contributed by atoms with Crippen LogP contribution in [0.3, 0.4) is 0 Å². The molecule has 11 heteroatoms. The molecule has 0 saturated heterocycles. The fourth-order valence-electron chi connectivity index (χ4n) is 5.75. The van der Waals surface area contributed by atoms with Gasteiger partial charge >= 0.3 is 0 Å². The highest BCUT2D eigenvalue weighted by molar-refractivity contribution is 7.92. The number of ether oxygens (including phenoxy) is 1. The normalized spacial score (nSPS) is 17.3. The van der Waals surface area contributed by atoms with E-state index in [1.807, 2.05) is 19.2 Å². The van der Waals surface area contributed by atoms with Crippen molar-refractivity contribution in [3.05, 3.63) is 71.0 Å². The van der Waals surface area contributed by atoms with Crippen LogP contribution in [0.5, 0.6) is 0 Å². The molecule has 2 aromatic heterocycles. The lowest BCUT2D eigenvalue weighted by Gasteiger charge is -2.34. The van der Waals surface area contributed by atoms with E-state index < -0.39 is 10.0 Å². The number of rotatable bonds is 11. The van der Waals surface area contributed by atoms with Crippen LogP contribution >= 0.6 is 11.6 Å². The van der Waals surface area contributed by atoms with Gasteiger partial charge in [-0.2, -0.15) is 0 Å². The first-order chi connectivity index (χ1) is 20.7. The molecular weight excluding hydrogens is 584 g/mol. The first-order valence-corrected chi connectivity index (χ1v) is 16.6. The second kappa shape index (κ2) is 13.5. The quantitative estimate of drug-likeness (QED) is 0.200. The number of aryl methyl sites for hydroxylation is 2. The van der Waals surface area contributed by atoms with E-state index in [9.17, 15) is 8.42 Å². The standard InChI is InChI=1S/C32H39ClN6O3S/c1-5-22-18-23(27-14-15-30(35-21(27)2)38-43(40,41)29-9-7-6-8-28(29)33)19-24-20-34-32(37-31(22)24)36-25-10-12-26(13-11-25)39(3)16-17-42-4/h6-9,14-15,18-20,25-26H,5,10-13,16-17H2,1-4H3,(H,35,38)(H,34,36,37). The van der Waals surface area contributed by atoms with Crippen LogP contribution in [0.25, 0.3) is 22.0 Å². The Morgan fingerprint density at radius 1 is 1.07 bits per heavy atom. The van der Waals surface area contributed by atoms with Crippen molar-refractivity contribution in [2.45, 2.75) is 62.9 Å². The van der Waals surface area contributed by atoms with Gasteiger partial charge in [-0.25, -0.2) is 23.4 Å². The maximum Gasteiger partial charge on any atom is 0.264 e. The molecule has 5 rings (SSSR count). The second-order valence-corrected chi connectivity index (χ2v) is 13.2. The minimum Gasteiger partial charge on any atom is -0.383 e. The van der Waals surface area contributed by atoms with Gasteiger partial charge < -0.3 is 15.0 Å². The third kappa shape index (κ3) is 7.26. The van der Waals surface area contributed by atoms with Gasteiger partial charge in [0, 0.05) is 48.6 Å². The fraction of sp³-hybridized carbons (Fsp3) is 0.406. The van der Waals surface area contributed by atoms with Gasteiger partial charge in [-0.3, -0.25) is 4.72 Å². The molecule has 2 N–H and O–H groups in total. The maximum atomic E-state index is 12.9. The lowest BCUT2D eigenvalue weighted by molar-refractivity contribution is 0.121. The number of benzene rings is 2. The van der Waals surface area contributed by atoms with Gasteiger partial charge in [0.05, 0.1) is 17.1 Å². The molecule has 0 spiro atoms. The molecule has 4 aromatic rings. The number of fused-ring (bicyclic) bond motifs is 1. The number of aromatic nitrogens is 3. The number of nitrogens with zero attached hydrogens (tertiary/aromatic N) is 4. The Labute approximate surface area is 259 Å². The molecule has 1 fully saturated rings. The van der Waals surface area contributed by atoms with Crippen molar-refractivity contribution in [3.8, 4) is 11.1 Å². The average molecular weight is 623 g/mol. The molecule has 1 aliphatic rings. The fourth-order valence-corrected chi connectivity index (χ4v) is 7.28. The van der Waals surface area contributed by atoms with E-state index in [1.165, 1.54) is 6.07 Å². The summed E-state index contributed by atoms with van der Waals surface area (Å²) < 4.78 is 33.6. The van der Waals surface area contributed by atoms with Gasteiger partial charge in [0.1, 0.15) is 10.7 Å². The highest BCUT2D eigenvalue weighted by atomic mass is 35.5. The molecule has 9 nitrogen and oxygen atoms in total. The third-order valence-electron chi connectivity index (χ3n) is 8.21. The molecule has 1 saturated carbocycles. The molecule has 0 radical (unpaired) electrons. The number of methoxy groups -OCH3 is 1. The van der Waals surface area contributed by atoms with Gasteiger partial charge in [-0.05, 0) is 93.6 Å². The molecule has 43 heavy (non-hydrogen) atoms. The molecule has 2 heterocycles. The van der Waals surface area contributed by atoms with E-state index >= 15 is 0 Å². The summed E-state index contributed by atoms with van der Waals surface area (Å²) in [6.45, 7) is 5.70. The van der Waals surface area contributed by atoms with Crippen molar-refractivity contribution in [3.63, 3.8) is 0 Å². The summed E-state index contributed by atoms with van der Waals surface area (Å²) in [4.78, 5) is 16.6. The third-order valence-corrected chi connectivity index (χ3v) is 10.1. The summed E-state index contributed by atoms with van der Waals surface area (Å²) in [6, 6.07) is 15.0. The highest BCUT2D eigenvalue weighted by Crippen LogP contribution is 2.31. The summed E-state index contributed by atoms with van der Waals surface area (Å²) in [5.41, 5.74) is 4.64. The van der Waals surface area contributed by atoms with E-state index in [0.717, 1.165) is 72.8 Å². The predicted molar refractivity (Wildman–Crippen MR) is 173 cm³/mol. The first kappa shape index (κ1) is 31.1. The van der Waals surface area contributed by atoms with Gasteiger partial charge in [-0.1, -0.05) is 30.7 Å². The number of pyridine rings is 1. The smallest absolute Gasteiger partial charge is 0.264 e. The number of likely N-dealkylation sites (N-methyl/N-ethyl adjacent to an activating group) is 1. The Bertz CT molecular complexity index is 1690. The molecule has 0 bridgehead atoms. The molecule has 0 atom stereocenters. The molecule has 0 amide bonds. The van der Waals surface area contributed by atoms with Crippen molar-refractivity contribution in [1.82, 2.24) is 19.9 Å². The van der Waals surface area contributed by atoms with Gasteiger partial charge in [0.2, 0.25) is 5.95 Å². The topological polar surface area (TPSA) is 109 Å². The SMILES string of the molecule is CCc1cc(-c2ccc(NS(=O)(=O)c3ccccc3Cl)nc2C)cc2cnc(NC3CCC(N(C)CCOC)CC3)nc12. The number of hydrogen-bond donors (Lipinski definition) is 2. The lowest BCUT2D eigenvalue weighted by Crippen LogP contribution is -2.39. The van der Waals surface area contributed by atoms with Crippen molar-refractivity contribution in [1.29, 1.82) is 0 Å². The lowest BCUT2D eigenvalue weighted by atomic mass is 9.90. The summed E-state index contributed by atoms with van der Waals surface area (Å²) in [6.07, 6.45) is 7.14. The van der Waals surface area contributed by atoms with Crippen LogP contribution in [0.4, 0.5) is 11.8 Å². The molecule has 1 aliphatic carbocycles. The molecular formula is C32H39ClN6O3S. The van der Waals surface area contributed by atoms with Crippen LogP contribution in [0.15, 0.2) is 59.6 Å². The number of anilines is 2. The van der Waals surface area contributed by atoms with Crippen LogP contribution in [0.1, 0.15) is 43.9 Å². The minimum atomic E-state index is -3.88. The summed E-state index contributed by atoms with van der Waals surface area (Å²) in [5.74, 6) is 0.895. The monoisotopic (exact) mass is 622 g/mol. The Hall–Kier alpha value is -3.31. The van der Waals surface area contributed by atoms with E-state index in [2.05, 4.69) is 51.0 Å². The van der Waals surface area contributed by atoms with E-state index in [1.54, 1.807) is 31.4 Å². The number of sulfonamides is 1. The zero-order valence-electron chi connectivity index (χ0n) is 25.1. The van der Waals surface area contributed by atoms with Crippen molar-refractivity contribution < 1.29 is 13.2 Å². The zero-order valence-corrected chi connectivity index (χ0v) is 26.7. The van der Waals surface area contributed by atoms with Crippen LogP contribution in [0, 0.1) is 6.92 Å². The van der Waals surface area contributed by atoms with Crippen LogP contribution < -0.4 is 10.0 Å². The highest BCUT2D eigenvalue weighted by Gasteiger charge is 2.24. The van der Waals surface area contributed by atoms with Crippen LogP contribution in [-0.4, -0.2) is 67.7 Å². The maximum absolute atomic E-state index is 12.9. The summed E-state index contributed by atoms with van der Waals surface area (Å²) in [5, 5.41) is 4.69. The molecule has 2 aromatic carbocycles. The average Bonchev–Trinajstić information content (AvgIpc) is 2.99. The van der Waals surface area contributed by atoms with Gasteiger partial charge in [0.25, 0.3) is 10.0 Å². The Balaban J connectivity index is 1.31. The molecule has 0 unspecified atom stereocenters. The first-order valence-electron chi connectivity index (χ1n) is 14.7. The zero-order chi connectivity index (χ0) is 30.6. The predicted octanol–water partition coefficient (Wildman–Crippen LogP) is 6.32. The van der Waals surface area contributed by atoms with E-state index in [-0.39, 0.29) is 15.7 Å². The Kier molecular flexibility index (Phi) is 9.81. The molecule has 228 valence electrons. The van der Waals surface area contributed by atoms with Crippen LogP contribution in [-0.2, 0) is 21.2 Å². The van der Waals surface area contributed by atoms with Crippen molar-refractivity contribution in [2.24, 2.45) is 0 Å². The molecule has 0 aliphatic heterocycles. The summed E-state index contributed by atoms with van der Waals surface area (Å²) in [7, 11) is 0.0517.